The van der Waals surface area contributed by atoms with E-state index in [1.807, 2.05) is 16.7 Å². The molecule has 1 aliphatic heterocycles. The van der Waals surface area contributed by atoms with E-state index in [-0.39, 0.29) is 24.2 Å². The maximum Gasteiger partial charge on any atom is 0.238 e. The molecule has 1 aromatic carbocycles. The molecule has 0 saturated carbocycles. The summed E-state index contributed by atoms with van der Waals surface area (Å²) in [5.74, 6) is -0.377. The van der Waals surface area contributed by atoms with Crippen molar-refractivity contribution < 1.29 is 14.0 Å². The van der Waals surface area contributed by atoms with Gasteiger partial charge in [-0.3, -0.25) is 14.5 Å². The molecular weight excluding hydrogens is 353 g/mol. The molecule has 0 aliphatic carbocycles. The Morgan fingerprint density at radius 1 is 1.15 bits per heavy atom. The molecule has 1 aliphatic rings. The Bertz CT molecular complexity index is 645. The molecule has 0 bridgehead atoms. The zero-order chi connectivity index (χ0) is 18.9. The van der Waals surface area contributed by atoms with Crippen LogP contribution in [0.3, 0.4) is 0 Å². The fraction of sp³-hybridized carbons (Fsp3) is 0.526. The molecule has 1 fully saturated rings. The van der Waals surface area contributed by atoms with Crippen molar-refractivity contribution in [3.63, 3.8) is 0 Å². The van der Waals surface area contributed by atoms with Gasteiger partial charge in [-0.2, -0.15) is 0 Å². The molecule has 0 aromatic heterocycles. The molecule has 0 radical (unpaired) electrons. The minimum absolute atomic E-state index is 0.175. The molecule has 0 atom stereocenters. The minimum Gasteiger partial charge on any atom is -0.340 e. The second kappa shape index (κ2) is 10.3. The summed E-state index contributed by atoms with van der Waals surface area (Å²) >= 11 is 5.04. The molecule has 2 amide bonds. The van der Waals surface area contributed by atoms with Crippen LogP contribution in [-0.2, 0) is 9.59 Å². The largest absolute Gasteiger partial charge is 0.340 e. The number of rotatable bonds is 8. The molecule has 26 heavy (non-hydrogen) atoms. The Morgan fingerprint density at radius 3 is 2.50 bits per heavy atom. The number of thiocarbonyl (C=S) groups is 1. The van der Waals surface area contributed by atoms with Crippen LogP contribution >= 0.6 is 12.2 Å². The van der Waals surface area contributed by atoms with Gasteiger partial charge in [0.2, 0.25) is 11.8 Å². The number of anilines is 1. The number of carbonyl (C=O) groups is 2. The molecule has 5 nitrogen and oxygen atoms in total. The van der Waals surface area contributed by atoms with Crippen LogP contribution in [0.5, 0.6) is 0 Å². The van der Waals surface area contributed by atoms with Crippen LogP contribution in [0, 0.1) is 5.82 Å². The molecular formula is C19H26FN3O2S. The highest BCUT2D eigenvalue weighted by Gasteiger charge is 2.22. The van der Waals surface area contributed by atoms with E-state index in [4.69, 9.17) is 12.2 Å². The summed E-state index contributed by atoms with van der Waals surface area (Å²) in [6, 6.07) is 5.84. The summed E-state index contributed by atoms with van der Waals surface area (Å²) in [4.78, 5) is 29.1. The van der Waals surface area contributed by atoms with Crippen molar-refractivity contribution in [1.82, 2.24) is 9.80 Å². The van der Waals surface area contributed by atoms with Crippen LogP contribution in [-0.4, -0.2) is 59.2 Å². The predicted octanol–water partition coefficient (Wildman–Crippen LogP) is 2.86. The van der Waals surface area contributed by atoms with Gasteiger partial charge >= 0.3 is 0 Å². The van der Waals surface area contributed by atoms with E-state index in [0.717, 1.165) is 24.1 Å². The molecule has 1 N–H and O–H groups in total. The molecule has 1 aromatic rings. The van der Waals surface area contributed by atoms with Crippen molar-refractivity contribution in [2.45, 2.75) is 32.6 Å². The van der Waals surface area contributed by atoms with E-state index in [0.29, 0.717) is 38.3 Å². The number of hydrogen-bond acceptors (Lipinski definition) is 4. The number of benzene rings is 1. The molecule has 1 saturated heterocycles. The number of piperazine rings is 1. The van der Waals surface area contributed by atoms with E-state index in [2.05, 4.69) is 5.32 Å². The van der Waals surface area contributed by atoms with E-state index >= 15 is 0 Å². The van der Waals surface area contributed by atoms with E-state index < -0.39 is 0 Å². The number of nitrogens with one attached hydrogen (secondary N) is 1. The van der Waals surface area contributed by atoms with Crippen molar-refractivity contribution in [2.75, 3.05) is 38.0 Å². The fourth-order valence-electron chi connectivity index (χ4n) is 2.93. The van der Waals surface area contributed by atoms with Gasteiger partial charge in [0.05, 0.1) is 6.54 Å². The Morgan fingerprint density at radius 2 is 1.85 bits per heavy atom. The van der Waals surface area contributed by atoms with Gasteiger partial charge in [-0.05, 0) is 49.2 Å². The number of halogens is 1. The van der Waals surface area contributed by atoms with Crippen molar-refractivity contribution >= 4 is 34.6 Å². The van der Waals surface area contributed by atoms with Gasteiger partial charge in [-0.25, -0.2) is 4.39 Å². The van der Waals surface area contributed by atoms with Gasteiger partial charge in [0, 0.05) is 38.3 Å². The highest BCUT2D eigenvalue weighted by molar-refractivity contribution is 7.80. The van der Waals surface area contributed by atoms with Gasteiger partial charge in [0.1, 0.15) is 5.82 Å². The van der Waals surface area contributed by atoms with Crippen molar-refractivity contribution in [3.8, 4) is 0 Å². The average molecular weight is 380 g/mol. The third kappa shape index (κ3) is 7.17. The molecule has 0 spiro atoms. The quantitative estimate of drug-likeness (QED) is 0.557. The van der Waals surface area contributed by atoms with Gasteiger partial charge in [0.25, 0.3) is 0 Å². The summed E-state index contributed by atoms with van der Waals surface area (Å²) in [5.41, 5.74) is 0.454. The lowest BCUT2D eigenvalue weighted by molar-refractivity contribution is -0.133. The second-order valence-corrected chi connectivity index (χ2v) is 7.32. The first-order valence-electron chi connectivity index (χ1n) is 8.99. The Hall–Kier alpha value is -1.86. The van der Waals surface area contributed by atoms with Crippen LogP contribution in [0.1, 0.15) is 32.6 Å². The lowest BCUT2D eigenvalue weighted by atomic mass is 10.1. The van der Waals surface area contributed by atoms with Crippen molar-refractivity contribution in [1.29, 1.82) is 0 Å². The number of unbranched alkanes of at least 4 members (excludes halogenated alkanes) is 1. The minimum atomic E-state index is -0.379. The summed E-state index contributed by atoms with van der Waals surface area (Å²) in [6.45, 7) is 4.78. The monoisotopic (exact) mass is 379 g/mol. The van der Waals surface area contributed by atoms with Crippen LogP contribution in [0.15, 0.2) is 24.3 Å². The third-order valence-corrected chi connectivity index (χ3v) is 4.57. The molecule has 7 heteroatoms. The molecule has 142 valence electrons. The lowest BCUT2D eigenvalue weighted by Crippen LogP contribution is -2.50. The van der Waals surface area contributed by atoms with Crippen LogP contribution in [0.2, 0.25) is 0 Å². The van der Waals surface area contributed by atoms with Crippen molar-refractivity contribution in [3.05, 3.63) is 30.1 Å². The number of nitrogens with zero attached hydrogens (tertiary/aromatic N) is 2. The first-order valence-corrected chi connectivity index (χ1v) is 9.40. The zero-order valence-electron chi connectivity index (χ0n) is 15.2. The van der Waals surface area contributed by atoms with E-state index in [1.54, 1.807) is 12.1 Å². The van der Waals surface area contributed by atoms with Crippen LogP contribution in [0.4, 0.5) is 10.1 Å². The van der Waals surface area contributed by atoms with E-state index in [9.17, 15) is 14.0 Å². The summed E-state index contributed by atoms with van der Waals surface area (Å²) in [5, 5.41) is 2.70. The van der Waals surface area contributed by atoms with E-state index in [1.165, 1.54) is 12.1 Å². The summed E-state index contributed by atoms with van der Waals surface area (Å²) in [7, 11) is 0. The molecule has 1 heterocycles. The molecule has 2 rings (SSSR count). The summed E-state index contributed by atoms with van der Waals surface area (Å²) < 4.78 is 13.1. The predicted molar refractivity (Wildman–Crippen MR) is 105 cm³/mol. The smallest absolute Gasteiger partial charge is 0.238 e. The number of carbonyl (C=O) groups excluding carboxylic acids is 2. The lowest BCUT2D eigenvalue weighted by Gasteiger charge is -2.34. The Labute approximate surface area is 159 Å². The van der Waals surface area contributed by atoms with Gasteiger partial charge in [-0.15, -0.1) is 0 Å². The number of amides is 2. The highest BCUT2D eigenvalue weighted by atomic mass is 32.1. The Balaban J connectivity index is 1.66. The standard InChI is InChI=1S/C19H26FN3O2S/c1-15(26)5-2-3-8-19(25)23-11-9-22(10-12-23)14-18(24)21-17-7-4-6-16(20)13-17/h4,6-7,13H,2-3,5,8-12,14H2,1H3,(H,21,24). The van der Waals surface area contributed by atoms with Crippen molar-refractivity contribution in [2.24, 2.45) is 0 Å². The topological polar surface area (TPSA) is 52.7 Å². The average Bonchev–Trinajstić information content (AvgIpc) is 2.59. The second-order valence-electron chi connectivity index (χ2n) is 6.62. The van der Waals surface area contributed by atoms with Gasteiger partial charge < -0.3 is 10.2 Å². The van der Waals surface area contributed by atoms with Crippen LogP contribution in [0.25, 0.3) is 0 Å². The van der Waals surface area contributed by atoms with Gasteiger partial charge in [-0.1, -0.05) is 18.3 Å². The maximum atomic E-state index is 13.1. The first kappa shape index (κ1) is 20.5. The van der Waals surface area contributed by atoms with Gasteiger partial charge in [0.15, 0.2) is 0 Å². The fourth-order valence-corrected chi connectivity index (χ4v) is 3.08. The number of hydrogen-bond donors (Lipinski definition) is 1. The SMILES string of the molecule is CC(=S)CCCCC(=O)N1CCN(CC(=O)Nc2cccc(F)c2)CC1. The third-order valence-electron chi connectivity index (χ3n) is 4.37. The zero-order valence-corrected chi connectivity index (χ0v) is 16.0. The first-order chi connectivity index (χ1) is 12.4. The van der Waals surface area contributed by atoms with Crippen LogP contribution < -0.4 is 5.32 Å². The highest BCUT2D eigenvalue weighted by Crippen LogP contribution is 2.11. The maximum absolute atomic E-state index is 13.1. The Kier molecular flexibility index (Phi) is 8.12. The summed E-state index contributed by atoms with van der Waals surface area (Å²) in [6.07, 6.45) is 3.28. The normalized spacial score (nSPS) is 14.9. The molecule has 0 unspecified atom stereocenters.